The fourth-order valence-corrected chi connectivity index (χ4v) is 1.71. The molecule has 0 aliphatic heterocycles. The van der Waals surface area contributed by atoms with Crippen LogP contribution in [0, 0.1) is 12.9 Å². The number of aromatic carboxylic acids is 1. The standard InChI is InChI=1S/C11H7F2NO3/c1-5-3-2-4-6-8(5)14(13)10(12)7(9(6)15)11(16)17/h2-4H,1H3,(H,16,17). The first-order chi connectivity index (χ1) is 7.95. The summed E-state index contributed by atoms with van der Waals surface area (Å²) in [6.45, 7) is 1.50. The van der Waals surface area contributed by atoms with Crippen LogP contribution < -0.4 is 5.43 Å². The van der Waals surface area contributed by atoms with E-state index in [1.54, 1.807) is 0 Å². The Kier molecular flexibility index (Phi) is 2.42. The molecule has 4 nitrogen and oxygen atoms in total. The highest BCUT2D eigenvalue weighted by Gasteiger charge is 2.23. The van der Waals surface area contributed by atoms with E-state index in [-0.39, 0.29) is 10.9 Å². The second-order valence-corrected chi connectivity index (χ2v) is 3.55. The molecule has 0 saturated heterocycles. The van der Waals surface area contributed by atoms with Crippen LogP contribution in [0.3, 0.4) is 0 Å². The van der Waals surface area contributed by atoms with Crippen molar-refractivity contribution in [2.24, 2.45) is 0 Å². The van der Waals surface area contributed by atoms with E-state index >= 15 is 0 Å². The number of carbonyl (C=O) groups is 1. The molecule has 0 fully saturated rings. The first-order valence-electron chi connectivity index (χ1n) is 4.68. The summed E-state index contributed by atoms with van der Waals surface area (Å²) < 4.78 is 27.0. The lowest BCUT2D eigenvalue weighted by Gasteiger charge is -2.07. The van der Waals surface area contributed by atoms with E-state index in [1.165, 1.54) is 25.1 Å². The van der Waals surface area contributed by atoms with Crippen molar-refractivity contribution in [2.75, 3.05) is 0 Å². The fourth-order valence-electron chi connectivity index (χ4n) is 1.71. The van der Waals surface area contributed by atoms with Crippen molar-refractivity contribution in [2.45, 2.75) is 6.92 Å². The van der Waals surface area contributed by atoms with Crippen molar-refractivity contribution in [3.8, 4) is 0 Å². The number of hydrogen-bond acceptors (Lipinski definition) is 2. The molecule has 0 saturated carbocycles. The highest BCUT2D eigenvalue weighted by molar-refractivity contribution is 5.93. The first-order valence-corrected chi connectivity index (χ1v) is 4.68. The van der Waals surface area contributed by atoms with Gasteiger partial charge < -0.3 is 5.11 Å². The Labute approximate surface area is 93.7 Å². The highest BCUT2D eigenvalue weighted by atomic mass is 19.2. The molecule has 1 heterocycles. The number of nitrogens with zero attached hydrogens (tertiary/aromatic N) is 1. The van der Waals surface area contributed by atoms with E-state index in [0.717, 1.165) is 0 Å². The van der Waals surface area contributed by atoms with E-state index in [0.29, 0.717) is 5.56 Å². The summed E-state index contributed by atoms with van der Waals surface area (Å²) in [6, 6.07) is 4.23. The van der Waals surface area contributed by atoms with Gasteiger partial charge in [-0.1, -0.05) is 16.6 Å². The van der Waals surface area contributed by atoms with E-state index in [2.05, 4.69) is 0 Å². The largest absolute Gasteiger partial charge is 0.477 e. The highest BCUT2D eigenvalue weighted by Crippen LogP contribution is 2.19. The lowest BCUT2D eigenvalue weighted by atomic mass is 10.1. The Morgan fingerprint density at radius 3 is 2.65 bits per heavy atom. The normalized spacial score (nSPS) is 10.8. The van der Waals surface area contributed by atoms with Gasteiger partial charge >= 0.3 is 5.97 Å². The van der Waals surface area contributed by atoms with Gasteiger partial charge in [-0.3, -0.25) is 4.79 Å². The zero-order chi connectivity index (χ0) is 12.7. The van der Waals surface area contributed by atoms with Gasteiger partial charge in [0.1, 0.15) is 0 Å². The minimum Gasteiger partial charge on any atom is -0.477 e. The molecule has 0 bridgehead atoms. The van der Waals surface area contributed by atoms with Gasteiger partial charge in [0.05, 0.1) is 5.52 Å². The summed E-state index contributed by atoms with van der Waals surface area (Å²) in [7, 11) is 0. The molecule has 0 radical (unpaired) electrons. The summed E-state index contributed by atoms with van der Waals surface area (Å²) >= 11 is 0. The minimum atomic E-state index is -1.79. The molecule has 0 atom stereocenters. The third-order valence-electron chi connectivity index (χ3n) is 2.50. The minimum absolute atomic E-state index is 0.161. The maximum atomic E-state index is 13.6. The van der Waals surface area contributed by atoms with Gasteiger partial charge in [-0.15, -0.1) is 4.79 Å². The first kappa shape index (κ1) is 11.3. The number of hydrogen-bond donors (Lipinski definition) is 1. The number of fused-ring (bicyclic) bond motifs is 1. The number of para-hydroxylation sites is 1. The summed E-state index contributed by atoms with van der Waals surface area (Å²) in [5.41, 5.74) is -2.12. The number of aryl methyl sites for hydroxylation is 1. The van der Waals surface area contributed by atoms with E-state index in [1.807, 2.05) is 0 Å². The fraction of sp³-hybridized carbons (Fsp3) is 0.0909. The van der Waals surface area contributed by atoms with Gasteiger partial charge in [0.15, 0.2) is 5.56 Å². The average molecular weight is 239 g/mol. The molecule has 2 rings (SSSR count). The Hall–Kier alpha value is -2.24. The van der Waals surface area contributed by atoms with Crippen molar-refractivity contribution in [1.82, 2.24) is 4.79 Å². The molecule has 0 aliphatic rings. The molecular weight excluding hydrogens is 232 g/mol. The monoisotopic (exact) mass is 239 g/mol. The van der Waals surface area contributed by atoms with Crippen LogP contribution in [0.15, 0.2) is 23.0 Å². The smallest absolute Gasteiger partial charge is 0.344 e. The summed E-state index contributed by atoms with van der Waals surface area (Å²) in [5.74, 6) is -3.48. The molecule has 1 aromatic heterocycles. The molecule has 0 spiro atoms. The summed E-state index contributed by atoms with van der Waals surface area (Å²) in [6.07, 6.45) is 0. The number of aromatic nitrogens is 1. The van der Waals surface area contributed by atoms with Gasteiger partial charge in [0.25, 0.3) is 0 Å². The number of halogens is 2. The van der Waals surface area contributed by atoms with Crippen LogP contribution in [0.4, 0.5) is 8.87 Å². The zero-order valence-electron chi connectivity index (χ0n) is 8.70. The lowest BCUT2D eigenvalue weighted by molar-refractivity contribution is 0.0685. The maximum absolute atomic E-state index is 13.6. The van der Waals surface area contributed by atoms with Crippen LogP contribution in [0.5, 0.6) is 0 Å². The number of carboxylic acids is 1. The third kappa shape index (κ3) is 1.49. The third-order valence-corrected chi connectivity index (χ3v) is 2.50. The lowest BCUT2D eigenvalue weighted by Crippen LogP contribution is -2.21. The summed E-state index contributed by atoms with van der Waals surface area (Å²) in [4.78, 5) is 22.0. The van der Waals surface area contributed by atoms with Crippen molar-refractivity contribution in [1.29, 1.82) is 0 Å². The SMILES string of the molecule is Cc1cccc2c(=O)c(C(=O)O)c(F)n(F)c12. The maximum Gasteiger partial charge on any atom is 0.344 e. The second kappa shape index (κ2) is 3.65. The molecule has 0 unspecified atom stereocenters. The van der Waals surface area contributed by atoms with Crippen LogP contribution in [0.25, 0.3) is 10.9 Å². The van der Waals surface area contributed by atoms with Crippen LogP contribution in [-0.4, -0.2) is 15.9 Å². The molecule has 0 aliphatic carbocycles. The Bertz CT molecular complexity index is 691. The van der Waals surface area contributed by atoms with Gasteiger partial charge in [-0.05, 0) is 18.6 Å². The number of rotatable bonds is 1. The molecule has 88 valence electrons. The molecule has 1 aromatic carbocycles. The van der Waals surface area contributed by atoms with E-state index < -0.39 is 27.7 Å². The predicted octanol–water partition coefficient (Wildman–Crippen LogP) is 1.88. The Balaban J connectivity index is 3.12. The molecular formula is C11H7F2NO3. The van der Waals surface area contributed by atoms with Crippen LogP contribution >= 0.6 is 0 Å². The van der Waals surface area contributed by atoms with E-state index in [9.17, 15) is 18.5 Å². The average Bonchev–Trinajstić information content (AvgIpc) is 2.25. The molecule has 1 N–H and O–H groups in total. The van der Waals surface area contributed by atoms with Gasteiger partial charge in [0.2, 0.25) is 11.4 Å². The molecule has 17 heavy (non-hydrogen) atoms. The van der Waals surface area contributed by atoms with Crippen molar-refractivity contribution >= 4 is 16.9 Å². The molecule has 6 heteroatoms. The van der Waals surface area contributed by atoms with Gasteiger partial charge in [-0.25, -0.2) is 4.79 Å². The van der Waals surface area contributed by atoms with E-state index in [4.69, 9.17) is 5.11 Å². The predicted molar refractivity (Wildman–Crippen MR) is 56.4 cm³/mol. The van der Waals surface area contributed by atoms with Crippen molar-refractivity contribution < 1.29 is 18.8 Å². The second-order valence-electron chi connectivity index (χ2n) is 3.55. The van der Waals surface area contributed by atoms with Crippen molar-refractivity contribution in [3.05, 3.63) is 45.5 Å². The number of pyridine rings is 1. The Morgan fingerprint density at radius 1 is 1.41 bits per heavy atom. The Morgan fingerprint density at radius 2 is 2.06 bits per heavy atom. The number of benzene rings is 1. The van der Waals surface area contributed by atoms with Crippen molar-refractivity contribution in [3.63, 3.8) is 0 Å². The molecule has 2 aromatic rings. The zero-order valence-corrected chi connectivity index (χ0v) is 8.70. The van der Waals surface area contributed by atoms with Gasteiger partial charge in [0, 0.05) is 5.39 Å². The van der Waals surface area contributed by atoms with Crippen LogP contribution in [-0.2, 0) is 0 Å². The van der Waals surface area contributed by atoms with Crippen LogP contribution in [0.1, 0.15) is 15.9 Å². The molecule has 0 amide bonds. The summed E-state index contributed by atoms with van der Waals surface area (Å²) in [5, 5.41) is 8.52. The van der Waals surface area contributed by atoms with Gasteiger partial charge in [-0.2, -0.15) is 4.39 Å². The number of carboxylic acid groups (broad SMARTS) is 1. The quantitative estimate of drug-likeness (QED) is 0.773. The topological polar surface area (TPSA) is 59.3 Å². The van der Waals surface area contributed by atoms with Crippen LogP contribution in [0.2, 0.25) is 0 Å².